The van der Waals surface area contributed by atoms with Crippen molar-refractivity contribution in [1.29, 1.82) is 0 Å². The number of anilines is 1. The van der Waals surface area contributed by atoms with Gasteiger partial charge in [0.2, 0.25) is 5.91 Å². The van der Waals surface area contributed by atoms with Gasteiger partial charge in [0.05, 0.1) is 0 Å². The molecule has 2 N–H and O–H groups in total. The molecule has 2 saturated heterocycles. The van der Waals surface area contributed by atoms with Crippen molar-refractivity contribution in [2.45, 2.75) is 51.1 Å². The smallest absolute Gasteiger partial charge is 0.223 e. The van der Waals surface area contributed by atoms with Crippen molar-refractivity contribution in [3.8, 4) is 0 Å². The first-order valence-corrected chi connectivity index (χ1v) is 8.52. The van der Waals surface area contributed by atoms with Crippen molar-refractivity contribution < 1.29 is 4.79 Å². The molecule has 0 aromatic heterocycles. The number of nitrogens with zero attached hydrogens (tertiary/aromatic N) is 2. The molecule has 22 heavy (non-hydrogen) atoms. The molecule has 0 radical (unpaired) electrons. The van der Waals surface area contributed by atoms with E-state index in [-0.39, 0.29) is 5.91 Å². The van der Waals surface area contributed by atoms with E-state index in [1.54, 1.807) is 0 Å². The number of fused-ring (bicyclic) bond motifs is 1. The fourth-order valence-electron chi connectivity index (χ4n) is 3.85. The molecule has 0 aliphatic carbocycles. The summed E-state index contributed by atoms with van der Waals surface area (Å²) in [6.07, 6.45) is 5.15. The number of hydrogen-bond donors (Lipinski definition) is 1. The van der Waals surface area contributed by atoms with Crippen molar-refractivity contribution in [3.63, 3.8) is 0 Å². The number of carbonyl (C=O) groups excluding carboxylic acids is 1. The van der Waals surface area contributed by atoms with Crippen LogP contribution in [0.25, 0.3) is 0 Å². The molecule has 0 spiro atoms. The normalized spacial score (nSPS) is 25.8. The summed E-state index contributed by atoms with van der Waals surface area (Å²) in [5.74, 6) is 0.279. The van der Waals surface area contributed by atoms with E-state index >= 15 is 0 Å². The Morgan fingerprint density at radius 1 is 1.27 bits per heavy atom. The molecule has 1 aromatic rings. The lowest BCUT2D eigenvalue weighted by atomic mass is 9.96. The summed E-state index contributed by atoms with van der Waals surface area (Å²) in [5, 5.41) is 0. The average molecular weight is 301 g/mol. The van der Waals surface area contributed by atoms with Crippen LogP contribution in [0.1, 0.15) is 38.2 Å². The summed E-state index contributed by atoms with van der Waals surface area (Å²) < 4.78 is 0. The lowest BCUT2D eigenvalue weighted by Crippen LogP contribution is -2.60. The minimum atomic E-state index is 0.279. The Bertz CT molecular complexity index is 531. The van der Waals surface area contributed by atoms with Crippen molar-refractivity contribution in [2.75, 3.05) is 25.4 Å². The zero-order valence-electron chi connectivity index (χ0n) is 13.5. The van der Waals surface area contributed by atoms with Gasteiger partial charge in [-0.05, 0) is 44.4 Å². The Morgan fingerprint density at radius 3 is 2.91 bits per heavy atom. The zero-order chi connectivity index (χ0) is 15.5. The van der Waals surface area contributed by atoms with Crippen LogP contribution in [0.5, 0.6) is 0 Å². The number of piperazine rings is 1. The highest BCUT2D eigenvalue weighted by atomic mass is 16.2. The van der Waals surface area contributed by atoms with Crippen molar-refractivity contribution in [2.24, 2.45) is 0 Å². The molecule has 2 atom stereocenters. The van der Waals surface area contributed by atoms with Crippen molar-refractivity contribution >= 4 is 11.6 Å². The highest BCUT2D eigenvalue weighted by Crippen LogP contribution is 2.25. The number of nitrogens with two attached hydrogens (primary N) is 1. The van der Waals surface area contributed by atoms with Gasteiger partial charge in [0, 0.05) is 37.3 Å². The molecule has 4 heteroatoms. The molecule has 3 rings (SSSR count). The van der Waals surface area contributed by atoms with Crippen molar-refractivity contribution in [3.05, 3.63) is 29.8 Å². The third-order valence-corrected chi connectivity index (χ3v) is 5.17. The summed E-state index contributed by atoms with van der Waals surface area (Å²) in [5.41, 5.74) is 7.84. The summed E-state index contributed by atoms with van der Waals surface area (Å²) >= 11 is 0. The van der Waals surface area contributed by atoms with Gasteiger partial charge in [-0.15, -0.1) is 0 Å². The monoisotopic (exact) mass is 301 g/mol. The molecular weight excluding hydrogens is 274 g/mol. The first kappa shape index (κ1) is 15.3. The van der Waals surface area contributed by atoms with Gasteiger partial charge in [0.25, 0.3) is 0 Å². The van der Waals surface area contributed by atoms with Gasteiger partial charge in [-0.3, -0.25) is 9.69 Å². The molecular formula is C18H27N3O. The number of para-hydroxylation sites is 1. The first-order valence-electron chi connectivity index (χ1n) is 8.52. The maximum Gasteiger partial charge on any atom is 0.223 e. The molecule has 2 aliphatic heterocycles. The van der Waals surface area contributed by atoms with E-state index in [0.717, 1.165) is 30.8 Å². The van der Waals surface area contributed by atoms with Gasteiger partial charge in [-0.1, -0.05) is 24.6 Å². The maximum absolute atomic E-state index is 12.6. The Labute approximate surface area is 133 Å². The molecule has 0 bridgehead atoms. The van der Waals surface area contributed by atoms with Crippen LogP contribution in [0.4, 0.5) is 5.69 Å². The number of benzene rings is 1. The molecule has 2 aliphatic rings. The second kappa shape index (κ2) is 6.69. The fraction of sp³-hybridized carbons (Fsp3) is 0.611. The van der Waals surface area contributed by atoms with Crippen LogP contribution in [-0.2, 0) is 11.2 Å². The predicted octanol–water partition coefficient (Wildman–Crippen LogP) is 2.29. The minimum Gasteiger partial charge on any atom is -0.399 e. The van der Waals surface area contributed by atoms with Gasteiger partial charge in [-0.25, -0.2) is 0 Å². The Balaban J connectivity index is 1.58. The minimum absolute atomic E-state index is 0.279. The topological polar surface area (TPSA) is 49.6 Å². The van der Waals surface area contributed by atoms with Gasteiger partial charge in [-0.2, -0.15) is 0 Å². The molecule has 120 valence electrons. The van der Waals surface area contributed by atoms with Gasteiger partial charge >= 0.3 is 0 Å². The van der Waals surface area contributed by atoms with Crippen LogP contribution in [0.3, 0.4) is 0 Å². The van der Waals surface area contributed by atoms with E-state index in [2.05, 4.69) is 16.7 Å². The van der Waals surface area contributed by atoms with E-state index in [1.165, 1.54) is 25.8 Å². The average Bonchev–Trinajstić information content (AvgIpc) is 2.53. The molecule has 2 unspecified atom stereocenters. The predicted molar refractivity (Wildman–Crippen MR) is 89.6 cm³/mol. The van der Waals surface area contributed by atoms with E-state index in [9.17, 15) is 4.79 Å². The summed E-state index contributed by atoms with van der Waals surface area (Å²) in [7, 11) is 0. The van der Waals surface area contributed by atoms with E-state index < -0.39 is 0 Å². The third-order valence-electron chi connectivity index (χ3n) is 5.17. The van der Waals surface area contributed by atoms with E-state index in [1.807, 2.05) is 24.3 Å². The molecule has 2 heterocycles. The second-order valence-corrected chi connectivity index (χ2v) is 6.74. The highest BCUT2D eigenvalue weighted by Gasteiger charge is 2.34. The number of piperidine rings is 1. The van der Waals surface area contributed by atoms with E-state index in [0.29, 0.717) is 18.5 Å². The Kier molecular flexibility index (Phi) is 4.67. The lowest BCUT2D eigenvalue weighted by Gasteiger charge is -2.47. The Hall–Kier alpha value is -1.55. The summed E-state index contributed by atoms with van der Waals surface area (Å²) in [6, 6.07) is 8.75. The number of amides is 1. The SMILES string of the molecule is CC1CN2CCCCC2CN1C(=O)CCc1ccccc1N. The number of aryl methyl sites for hydroxylation is 1. The fourth-order valence-corrected chi connectivity index (χ4v) is 3.85. The van der Waals surface area contributed by atoms with Gasteiger partial charge < -0.3 is 10.6 Å². The third kappa shape index (κ3) is 3.27. The molecule has 0 saturated carbocycles. The van der Waals surface area contributed by atoms with Crippen LogP contribution < -0.4 is 5.73 Å². The van der Waals surface area contributed by atoms with E-state index in [4.69, 9.17) is 5.73 Å². The van der Waals surface area contributed by atoms with Crippen LogP contribution in [0.2, 0.25) is 0 Å². The molecule has 4 nitrogen and oxygen atoms in total. The number of rotatable bonds is 3. The highest BCUT2D eigenvalue weighted by molar-refractivity contribution is 5.77. The lowest BCUT2D eigenvalue weighted by molar-refractivity contribution is -0.138. The van der Waals surface area contributed by atoms with Crippen LogP contribution in [-0.4, -0.2) is 47.4 Å². The molecule has 1 aromatic carbocycles. The summed E-state index contributed by atoms with van der Waals surface area (Å²) in [4.78, 5) is 17.3. The van der Waals surface area contributed by atoms with Crippen LogP contribution in [0.15, 0.2) is 24.3 Å². The quantitative estimate of drug-likeness (QED) is 0.872. The summed E-state index contributed by atoms with van der Waals surface area (Å²) in [6.45, 7) is 5.32. The van der Waals surface area contributed by atoms with Gasteiger partial charge in [0.15, 0.2) is 0 Å². The number of carbonyl (C=O) groups is 1. The standard InChI is InChI=1S/C18H27N3O/c1-14-12-20-11-5-4-7-16(20)13-21(14)18(22)10-9-15-6-2-3-8-17(15)19/h2-3,6,8,14,16H,4-5,7,9-13,19H2,1H3. The number of nitrogen functional groups attached to an aromatic ring is 1. The molecule has 2 fully saturated rings. The van der Waals surface area contributed by atoms with Crippen molar-refractivity contribution in [1.82, 2.24) is 9.80 Å². The van der Waals surface area contributed by atoms with Crippen LogP contribution in [0, 0.1) is 0 Å². The maximum atomic E-state index is 12.6. The van der Waals surface area contributed by atoms with Gasteiger partial charge in [0.1, 0.15) is 0 Å². The Morgan fingerprint density at radius 2 is 2.09 bits per heavy atom. The first-order chi connectivity index (χ1) is 10.6. The number of hydrogen-bond acceptors (Lipinski definition) is 3. The van der Waals surface area contributed by atoms with Crippen LogP contribution >= 0.6 is 0 Å². The second-order valence-electron chi connectivity index (χ2n) is 6.74. The molecule has 1 amide bonds. The zero-order valence-corrected chi connectivity index (χ0v) is 13.5. The largest absolute Gasteiger partial charge is 0.399 e.